The Morgan fingerprint density at radius 1 is 1.17 bits per heavy atom. The van der Waals surface area contributed by atoms with Crippen LogP contribution in [0.5, 0.6) is 0 Å². The molecule has 1 aliphatic heterocycles. The maximum absolute atomic E-state index is 13.9. The Morgan fingerprint density at radius 2 is 1.83 bits per heavy atom. The molecular weight excluding hydrogens is 403 g/mol. The average molecular weight is 431 g/mol. The van der Waals surface area contributed by atoms with Crippen molar-refractivity contribution in [3.05, 3.63) is 60.2 Å². The Labute approximate surface area is 177 Å². The molecule has 160 valence electrons. The summed E-state index contributed by atoms with van der Waals surface area (Å²) in [5, 5.41) is 5.40. The minimum atomic E-state index is -3.72. The molecule has 7 heteroatoms. The first kappa shape index (κ1) is 21.0. The number of amides is 1. The minimum Gasteiger partial charge on any atom is -0.336 e. The van der Waals surface area contributed by atoms with Crippen molar-refractivity contribution < 1.29 is 17.6 Å². The molecule has 1 saturated heterocycles. The molecule has 2 aliphatic rings. The van der Waals surface area contributed by atoms with Crippen molar-refractivity contribution in [1.82, 2.24) is 4.90 Å². The lowest BCUT2D eigenvalue weighted by Crippen LogP contribution is -2.44. The molecule has 5 nitrogen and oxygen atoms in total. The van der Waals surface area contributed by atoms with Gasteiger partial charge in [-0.25, -0.2) is 17.9 Å². The third-order valence-electron chi connectivity index (χ3n) is 6.54. The van der Waals surface area contributed by atoms with E-state index in [0.717, 1.165) is 29.5 Å². The van der Waals surface area contributed by atoms with Crippen LogP contribution in [0, 0.1) is 11.3 Å². The van der Waals surface area contributed by atoms with Gasteiger partial charge in [0.25, 0.3) is 5.91 Å². The number of nitrogens with two attached hydrogens (primary N) is 1. The summed E-state index contributed by atoms with van der Waals surface area (Å²) in [4.78, 5) is 14.2. The van der Waals surface area contributed by atoms with Crippen LogP contribution >= 0.6 is 0 Å². The Bertz CT molecular complexity index is 1040. The number of hydrogen-bond donors (Lipinski definition) is 1. The molecule has 0 bridgehead atoms. The van der Waals surface area contributed by atoms with E-state index in [1.165, 1.54) is 6.92 Å². The van der Waals surface area contributed by atoms with Gasteiger partial charge in [0.1, 0.15) is 0 Å². The summed E-state index contributed by atoms with van der Waals surface area (Å²) in [6.45, 7) is 1.64. The second kappa shape index (κ2) is 7.78. The Kier molecular flexibility index (Phi) is 5.45. The summed E-state index contributed by atoms with van der Waals surface area (Å²) < 4.78 is 37.8. The predicted octanol–water partition coefficient (Wildman–Crippen LogP) is 3.15. The number of hydrogen-bond acceptors (Lipinski definition) is 3. The van der Waals surface area contributed by atoms with Crippen molar-refractivity contribution in [1.29, 1.82) is 0 Å². The smallest absolute Gasteiger partial charge is 0.257 e. The molecule has 3 unspecified atom stereocenters. The number of halogens is 1. The molecular formula is C23H27FN2O3S. The number of carbonyl (C=O) groups excluding carboxylic acids is 1. The van der Waals surface area contributed by atoms with E-state index in [2.05, 4.69) is 6.07 Å². The standard InChI is InChI=1S/C23H27FN2O3S/c1-16(24)22(27)26-15-23(10-11-23)20(14-30(25,28)29)21(26)13-17-6-5-9-19(12-17)18-7-3-2-4-8-18/h2-9,12,16,20-21H,10-11,13-15H2,1H3,(H2,25,28,29). The lowest BCUT2D eigenvalue weighted by Gasteiger charge is -2.29. The van der Waals surface area contributed by atoms with E-state index >= 15 is 0 Å². The van der Waals surface area contributed by atoms with Crippen molar-refractivity contribution in [2.45, 2.75) is 38.4 Å². The van der Waals surface area contributed by atoms with E-state index in [9.17, 15) is 17.6 Å². The van der Waals surface area contributed by atoms with Gasteiger partial charge in [-0.05, 0) is 48.3 Å². The monoisotopic (exact) mass is 430 g/mol. The highest BCUT2D eigenvalue weighted by molar-refractivity contribution is 7.89. The lowest BCUT2D eigenvalue weighted by molar-refractivity contribution is -0.137. The van der Waals surface area contributed by atoms with Crippen LogP contribution in [0.25, 0.3) is 11.1 Å². The lowest BCUT2D eigenvalue weighted by atomic mass is 9.86. The van der Waals surface area contributed by atoms with Crippen LogP contribution in [0.1, 0.15) is 25.3 Å². The number of benzene rings is 2. The highest BCUT2D eigenvalue weighted by Crippen LogP contribution is 2.59. The third kappa shape index (κ3) is 4.27. The predicted molar refractivity (Wildman–Crippen MR) is 115 cm³/mol. The van der Waals surface area contributed by atoms with Crippen LogP contribution in [0.2, 0.25) is 0 Å². The maximum Gasteiger partial charge on any atom is 0.257 e. The molecule has 1 heterocycles. The summed E-state index contributed by atoms with van der Waals surface area (Å²) in [6, 6.07) is 17.6. The van der Waals surface area contributed by atoms with Crippen molar-refractivity contribution in [2.75, 3.05) is 12.3 Å². The fraction of sp³-hybridized carbons (Fsp3) is 0.435. The Balaban J connectivity index is 1.67. The molecule has 4 rings (SSSR count). The van der Waals surface area contributed by atoms with Gasteiger partial charge in [0.15, 0.2) is 6.17 Å². The number of carbonyl (C=O) groups is 1. The van der Waals surface area contributed by atoms with Crippen molar-refractivity contribution in [2.24, 2.45) is 16.5 Å². The minimum absolute atomic E-state index is 0.180. The number of sulfonamides is 1. The molecule has 2 N–H and O–H groups in total. The highest BCUT2D eigenvalue weighted by Gasteiger charge is 2.61. The van der Waals surface area contributed by atoms with Crippen LogP contribution in [0.4, 0.5) is 4.39 Å². The van der Waals surface area contributed by atoms with Gasteiger partial charge in [-0.2, -0.15) is 0 Å². The SMILES string of the molecule is CC(F)C(=O)N1CC2(CC2)C(CS(N)(=O)=O)C1Cc1cccc(-c2ccccc2)c1. The molecule has 0 aromatic heterocycles. The van der Waals surface area contributed by atoms with Gasteiger partial charge in [-0.1, -0.05) is 54.6 Å². The second-order valence-corrected chi connectivity index (χ2v) is 10.4. The normalized spacial score (nSPS) is 23.5. The van der Waals surface area contributed by atoms with Crippen molar-refractivity contribution in [3.8, 4) is 11.1 Å². The molecule has 2 aromatic carbocycles. The van der Waals surface area contributed by atoms with E-state index in [-0.39, 0.29) is 23.1 Å². The first-order valence-corrected chi connectivity index (χ1v) is 12.0. The summed E-state index contributed by atoms with van der Waals surface area (Å²) >= 11 is 0. The van der Waals surface area contributed by atoms with Gasteiger partial charge in [0.05, 0.1) is 5.75 Å². The van der Waals surface area contributed by atoms with E-state index in [0.29, 0.717) is 13.0 Å². The third-order valence-corrected chi connectivity index (χ3v) is 7.37. The summed E-state index contributed by atoms with van der Waals surface area (Å²) in [5.41, 5.74) is 2.86. The van der Waals surface area contributed by atoms with Gasteiger partial charge >= 0.3 is 0 Å². The summed E-state index contributed by atoms with van der Waals surface area (Å²) in [5.74, 6) is -1.03. The van der Waals surface area contributed by atoms with E-state index < -0.39 is 22.1 Å². The van der Waals surface area contributed by atoms with Gasteiger partial charge in [0, 0.05) is 18.5 Å². The maximum atomic E-state index is 13.9. The number of rotatable bonds is 6. The van der Waals surface area contributed by atoms with E-state index in [4.69, 9.17) is 5.14 Å². The van der Waals surface area contributed by atoms with Crippen LogP contribution < -0.4 is 5.14 Å². The first-order chi connectivity index (χ1) is 14.2. The van der Waals surface area contributed by atoms with Crippen LogP contribution in [0.3, 0.4) is 0 Å². The number of primary sulfonamides is 1. The molecule has 1 saturated carbocycles. The van der Waals surface area contributed by atoms with Crippen LogP contribution in [-0.2, 0) is 21.2 Å². The van der Waals surface area contributed by atoms with Gasteiger partial charge in [-0.15, -0.1) is 0 Å². The van der Waals surface area contributed by atoms with Gasteiger partial charge < -0.3 is 4.90 Å². The highest BCUT2D eigenvalue weighted by atomic mass is 32.2. The van der Waals surface area contributed by atoms with Crippen LogP contribution in [-0.4, -0.2) is 43.7 Å². The van der Waals surface area contributed by atoms with Crippen LogP contribution in [0.15, 0.2) is 54.6 Å². The number of nitrogens with zero attached hydrogens (tertiary/aromatic N) is 1. The van der Waals surface area contributed by atoms with E-state index in [1.54, 1.807) is 4.90 Å². The van der Waals surface area contributed by atoms with Crippen molar-refractivity contribution >= 4 is 15.9 Å². The fourth-order valence-electron chi connectivity index (χ4n) is 4.90. The number of likely N-dealkylation sites (tertiary alicyclic amines) is 1. The quantitative estimate of drug-likeness (QED) is 0.765. The summed E-state index contributed by atoms with van der Waals surface area (Å²) in [7, 11) is -3.72. The zero-order valence-electron chi connectivity index (χ0n) is 17.0. The fourth-order valence-corrected chi connectivity index (χ4v) is 5.98. The van der Waals surface area contributed by atoms with Gasteiger partial charge in [0.2, 0.25) is 10.0 Å². The largest absolute Gasteiger partial charge is 0.336 e. The Morgan fingerprint density at radius 3 is 2.43 bits per heavy atom. The average Bonchev–Trinajstić information content (AvgIpc) is 3.43. The molecule has 1 amide bonds. The van der Waals surface area contributed by atoms with Crippen molar-refractivity contribution in [3.63, 3.8) is 0 Å². The summed E-state index contributed by atoms with van der Waals surface area (Å²) in [6.07, 6.45) is 0.546. The molecule has 2 fully saturated rings. The molecule has 30 heavy (non-hydrogen) atoms. The molecule has 1 spiro atoms. The van der Waals surface area contributed by atoms with Gasteiger partial charge in [-0.3, -0.25) is 4.79 Å². The first-order valence-electron chi connectivity index (χ1n) is 10.3. The molecule has 0 radical (unpaired) electrons. The molecule has 2 aromatic rings. The molecule has 1 aliphatic carbocycles. The zero-order chi connectivity index (χ0) is 21.5. The second-order valence-electron chi connectivity index (χ2n) is 8.72. The van der Waals surface area contributed by atoms with E-state index in [1.807, 2.05) is 48.5 Å². The molecule has 3 atom stereocenters. The Hall–Kier alpha value is -2.25. The zero-order valence-corrected chi connectivity index (χ0v) is 17.8. The number of alkyl halides is 1. The topological polar surface area (TPSA) is 80.5 Å².